The third-order valence-corrected chi connectivity index (χ3v) is 4.67. The summed E-state index contributed by atoms with van der Waals surface area (Å²) >= 11 is 0. The summed E-state index contributed by atoms with van der Waals surface area (Å²) in [5.41, 5.74) is 0.548. The number of aromatic nitrogens is 3. The number of nitrogens with one attached hydrogen (secondary N) is 1. The minimum absolute atomic E-state index is 0.166. The standard InChI is InChI=1S/C20H27N7O2/c1-25(2)11-5-10-21-18(28)16-6-3-7-17(24-16)19(29)26-12-14-27(15-13-26)20-22-8-4-9-23-20/h3-4,6-9H,5,10-15H2,1-2H3,(H,21,28). The van der Waals surface area contributed by atoms with Gasteiger partial charge in [-0.25, -0.2) is 15.0 Å². The molecule has 1 N–H and O–H groups in total. The van der Waals surface area contributed by atoms with Gasteiger partial charge in [0.2, 0.25) is 5.95 Å². The van der Waals surface area contributed by atoms with Crippen molar-refractivity contribution >= 4 is 17.8 Å². The Morgan fingerprint density at radius 2 is 1.72 bits per heavy atom. The number of amides is 2. The fourth-order valence-corrected chi connectivity index (χ4v) is 3.09. The monoisotopic (exact) mass is 397 g/mol. The van der Waals surface area contributed by atoms with E-state index < -0.39 is 0 Å². The fourth-order valence-electron chi connectivity index (χ4n) is 3.09. The highest BCUT2D eigenvalue weighted by Crippen LogP contribution is 2.12. The van der Waals surface area contributed by atoms with E-state index in [0.29, 0.717) is 38.7 Å². The van der Waals surface area contributed by atoms with E-state index >= 15 is 0 Å². The molecule has 2 aromatic heterocycles. The number of hydrogen-bond acceptors (Lipinski definition) is 7. The van der Waals surface area contributed by atoms with Crippen LogP contribution in [0, 0.1) is 0 Å². The highest BCUT2D eigenvalue weighted by molar-refractivity contribution is 5.96. The summed E-state index contributed by atoms with van der Waals surface area (Å²) in [6.07, 6.45) is 4.27. The Kier molecular flexibility index (Phi) is 7.07. The SMILES string of the molecule is CN(C)CCCNC(=O)c1cccc(C(=O)N2CCN(c3ncccn3)CC2)n1. The molecule has 0 atom stereocenters. The van der Waals surface area contributed by atoms with Crippen LogP contribution in [0.4, 0.5) is 5.95 Å². The smallest absolute Gasteiger partial charge is 0.272 e. The number of anilines is 1. The fraction of sp³-hybridized carbons (Fsp3) is 0.450. The maximum absolute atomic E-state index is 12.8. The number of carbonyl (C=O) groups excluding carboxylic acids is 2. The Balaban J connectivity index is 1.55. The molecule has 3 heterocycles. The van der Waals surface area contributed by atoms with Crippen LogP contribution in [-0.4, -0.2) is 89.9 Å². The Labute approximate surface area is 170 Å². The number of rotatable bonds is 7. The molecule has 1 aliphatic heterocycles. The van der Waals surface area contributed by atoms with Crippen LogP contribution in [0.2, 0.25) is 0 Å². The lowest BCUT2D eigenvalue weighted by Gasteiger charge is -2.34. The second-order valence-electron chi connectivity index (χ2n) is 7.15. The van der Waals surface area contributed by atoms with Crippen LogP contribution in [0.15, 0.2) is 36.7 Å². The zero-order valence-corrected chi connectivity index (χ0v) is 16.9. The molecular weight excluding hydrogens is 370 g/mol. The number of hydrogen-bond donors (Lipinski definition) is 1. The largest absolute Gasteiger partial charge is 0.351 e. The van der Waals surface area contributed by atoms with Crippen molar-refractivity contribution in [2.45, 2.75) is 6.42 Å². The van der Waals surface area contributed by atoms with Crippen LogP contribution in [0.3, 0.4) is 0 Å². The number of piperazine rings is 1. The summed E-state index contributed by atoms with van der Waals surface area (Å²) in [4.78, 5) is 43.8. The van der Waals surface area contributed by atoms with E-state index in [9.17, 15) is 9.59 Å². The minimum Gasteiger partial charge on any atom is -0.351 e. The van der Waals surface area contributed by atoms with Crippen molar-refractivity contribution in [2.75, 3.05) is 58.3 Å². The van der Waals surface area contributed by atoms with Crippen molar-refractivity contribution in [1.29, 1.82) is 0 Å². The molecule has 0 unspecified atom stereocenters. The van der Waals surface area contributed by atoms with Crippen molar-refractivity contribution in [1.82, 2.24) is 30.1 Å². The zero-order valence-electron chi connectivity index (χ0n) is 16.9. The van der Waals surface area contributed by atoms with Crippen molar-refractivity contribution in [3.8, 4) is 0 Å². The highest BCUT2D eigenvalue weighted by Gasteiger charge is 2.24. The molecule has 0 saturated carbocycles. The van der Waals surface area contributed by atoms with Gasteiger partial charge in [-0.15, -0.1) is 0 Å². The molecule has 0 aromatic carbocycles. The van der Waals surface area contributed by atoms with Gasteiger partial charge in [0.15, 0.2) is 0 Å². The van der Waals surface area contributed by atoms with E-state index in [2.05, 4.69) is 30.1 Å². The Bertz CT molecular complexity index is 821. The summed E-state index contributed by atoms with van der Waals surface area (Å²) in [5.74, 6) is 0.246. The molecule has 1 saturated heterocycles. The van der Waals surface area contributed by atoms with Crippen LogP contribution in [0.5, 0.6) is 0 Å². The Hall–Kier alpha value is -3.07. The van der Waals surface area contributed by atoms with Crippen LogP contribution < -0.4 is 10.2 Å². The zero-order chi connectivity index (χ0) is 20.6. The van der Waals surface area contributed by atoms with Gasteiger partial charge in [-0.3, -0.25) is 9.59 Å². The predicted molar refractivity (Wildman–Crippen MR) is 110 cm³/mol. The van der Waals surface area contributed by atoms with Gasteiger partial charge in [-0.05, 0) is 45.3 Å². The van der Waals surface area contributed by atoms with E-state index in [1.165, 1.54) is 0 Å². The lowest BCUT2D eigenvalue weighted by atomic mass is 10.2. The quantitative estimate of drug-likeness (QED) is 0.681. The molecule has 1 fully saturated rings. The molecule has 29 heavy (non-hydrogen) atoms. The number of pyridine rings is 1. The van der Waals surface area contributed by atoms with Gasteiger partial charge in [0.25, 0.3) is 11.8 Å². The van der Waals surface area contributed by atoms with Crippen LogP contribution in [-0.2, 0) is 0 Å². The number of carbonyl (C=O) groups is 2. The molecular formula is C20H27N7O2. The topological polar surface area (TPSA) is 94.6 Å². The van der Waals surface area contributed by atoms with Gasteiger partial charge in [-0.1, -0.05) is 6.07 Å². The van der Waals surface area contributed by atoms with Crippen LogP contribution in [0.1, 0.15) is 27.4 Å². The molecule has 9 nitrogen and oxygen atoms in total. The molecule has 0 radical (unpaired) electrons. The van der Waals surface area contributed by atoms with E-state index in [-0.39, 0.29) is 23.2 Å². The van der Waals surface area contributed by atoms with Gasteiger partial charge in [0.1, 0.15) is 11.4 Å². The Morgan fingerprint density at radius 1 is 1.03 bits per heavy atom. The van der Waals surface area contributed by atoms with Gasteiger partial charge in [-0.2, -0.15) is 0 Å². The lowest BCUT2D eigenvalue weighted by molar-refractivity contribution is 0.0740. The molecule has 1 aliphatic rings. The van der Waals surface area contributed by atoms with Gasteiger partial charge < -0.3 is 20.0 Å². The average Bonchev–Trinajstić information content (AvgIpc) is 2.77. The maximum atomic E-state index is 12.8. The van der Waals surface area contributed by atoms with E-state index in [1.807, 2.05) is 14.1 Å². The Morgan fingerprint density at radius 3 is 2.41 bits per heavy atom. The minimum atomic E-state index is -0.260. The third-order valence-electron chi connectivity index (χ3n) is 4.67. The van der Waals surface area contributed by atoms with Gasteiger partial charge in [0.05, 0.1) is 0 Å². The first-order valence-corrected chi connectivity index (χ1v) is 9.76. The molecule has 9 heteroatoms. The summed E-state index contributed by atoms with van der Waals surface area (Å²) in [6, 6.07) is 6.75. The van der Waals surface area contributed by atoms with Crippen LogP contribution >= 0.6 is 0 Å². The maximum Gasteiger partial charge on any atom is 0.272 e. The molecule has 154 valence electrons. The third kappa shape index (κ3) is 5.71. The van der Waals surface area contributed by atoms with Crippen molar-refractivity contribution in [2.24, 2.45) is 0 Å². The molecule has 3 rings (SSSR count). The molecule has 0 bridgehead atoms. The molecule has 2 amide bonds. The second kappa shape index (κ2) is 9.92. The van der Waals surface area contributed by atoms with E-state index in [0.717, 1.165) is 13.0 Å². The van der Waals surface area contributed by atoms with Crippen molar-refractivity contribution in [3.05, 3.63) is 48.0 Å². The highest BCUT2D eigenvalue weighted by atomic mass is 16.2. The first-order valence-electron chi connectivity index (χ1n) is 9.76. The summed E-state index contributed by atoms with van der Waals surface area (Å²) in [5, 5.41) is 2.85. The molecule has 0 aliphatic carbocycles. The van der Waals surface area contributed by atoms with Crippen LogP contribution in [0.25, 0.3) is 0 Å². The summed E-state index contributed by atoms with van der Waals surface area (Å²) in [6.45, 7) is 3.88. The van der Waals surface area contributed by atoms with Gasteiger partial charge >= 0.3 is 0 Å². The normalized spacial score (nSPS) is 14.2. The average molecular weight is 397 g/mol. The number of nitrogens with zero attached hydrogens (tertiary/aromatic N) is 6. The summed E-state index contributed by atoms with van der Waals surface area (Å²) < 4.78 is 0. The second-order valence-corrected chi connectivity index (χ2v) is 7.15. The van der Waals surface area contributed by atoms with Crippen molar-refractivity contribution in [3.63, 3.8) is 0 Å². The van der Waals surface area contributed by atoms with Gasteiger partial charge in [0, 0.05) is 45.1 Å². The van der Waals surface area contributed by atoms with E-state index in [4.69, 9.17) is 0 Å². The van der Waals surface area contributed by atoms with Crippen molar-refractivity contribution < 1.29 is 9.59 Å². The molecule has 0 spiro atoms. The molecule has 2 aromatic rings. The predicted octanol–water partition coefficient (Wildman–Crippen LogP) is 0.516. The summed E-state index contributed by atoms with van der Waals surface area (Å²) in [7, 11) is 3.98. The first-order chi connectivity index (χ1) is 14.0. The van der Waals surface area contributed by atoms with E-state index in [1.54, 1.807) is 41.6 Å². The lowest BCUT2D eigenvalue weighted by Crippen LogP contribution is -2.49. The first kappa shape index (κ1) is 20.7.